The van der Waals surface area contributed by atoms with Gasteiger partial charge in [0.2, 0.25) is 0 Å². The van der Waals surface area contributed by atoms with Crippen molar-refractivity contribution in [1.82, 2.24) is 15.2 Å². The van der Waals surface area contributed by atoms with Gasteiger partial charge >= 0.3 is 0 Å². The van der Waals surface area contributed by atoms with Gasteiger partial charge in [-0.25, -0.2) is 4.98 Å². The second-order valence-electron chi connectivity index (χ2n) is 7.93. The quantitative estimate of drug-likeness (QED) is 0.424. The molecule has 1 aromatic heterocycles. The Kier molecular flexibility index (Phi) is 6.39. The summed E-state index contributed by atoms with van der Waals surface area (Å²) < 4.78 is 0. The Morgan fingerprint density at radius 2 is 1.48 bits per heavy atom. The molecule has 0 aliphatic carbocycles. The van der Waals surface area contributed by atoms with Crippen LogP contribution < -0.4 is 5.32 Å². The zero-order valence-electron chi connectivity index (χ0n) is 18.0. The van der Waals surface area contributed by atoms with Gasteiger partial charge in [-0.3, -0.25) is 4.79 Å². The van der Waals surface area contributed by atoms with E-state index in [1.807, 2.05) is 62.6 Å². The van der Waals surface area contributed by atoms with Gasteiger partial charge in [-0.1, -0.05) is 72.8 Å². The van der Waals surface area contributed by atoms with Gasteiger partial charge in [0, 0.05) is 17.5 Å². The molecule has 31 heavy (non-hydrogen) atoms. The predicted molar refractivity (Wildman–Crippen MR) is 128 cm³/mol. The zero-order chi connectivity index (χ0) is 21.6. The number of carbonyl (C=O) groups excluding carboxylic acids is 1. The highest BCUT2D eigenvalue weighted by Crippen LogP contribution is 2.27. The van der Waals surface area contributed by atoms with Gasteiger partial charge < -0.3 is 10.2 Å². The number of carbonyl (C=O) groups is 1. The topological polar surface area (TPSA) is 45.2 Å². The number of hydrogen-bond acceptors (Lipinski definition) is 3. The highest BCUT2D eigenvalue weighted by atomic mass is 16.1. The Labute approximate surface area is 183 Å². The number of fused-ring (bicyclic) bond motifs is 1. The molecule has 0 aliphatic heterocycles. The molecule has 4 heteroatoms. The molecule has 0 radical (unpaired) electrons. The van der Waals surface area contributed by atoms with E-state index in [0.717, 1.165) is 40.7 Å². The van der Waals surface area contributed by atoms with Crippen molar-refractivity contribution in [3.8, 4) is 22.4 Å². The molecule has 0 saturated carbocycles. The maximum absolute atomic E-state index is 13.0. The maximum Gasteiger partial charge on any atom is 0.252 e. The molecule has 0 unspecified atom stereocenters. The third-order valence-electron chi connectivity index (χ3n) is 5.32. The van der Waals surface area contributed by atoms with Crippen LogP contribution >= 0.6 is 0 Å². The van der Waals surface area contributed by atoms with Crippen LogP contribution in [0.4, 0.5) is 0 Å². The van der Waals surface area contributed by atoms with Crippen LogP contribution in [0, 0.1) is 0 Å². The van der Waals surface area contributed by atoms with Crippen LogP contribution in [0.25, 0.3) is 33.3 Å². The van der Waals surface area contributed by atoms with Crippen LogP contribution in [0.1, 0.15) is 16.8 Å². The minimum absolute atomic E-state index is 0.0560. The first-order valence-corrected chi connectivity index (χ1v) is 10.6. The van der Waals surface area contributed by atoms with Crippen molar-refractivity contribution in [3.05, 3.63) is 90.5 Å². The number of amides is 1. The molecule has 1 amide bonds. The third-order valence-corrected chi connectivity index (χ3v) is 5.32. The Hall–Kier alpha value is -3.50. The lowest BCUT2D eigenvalue weighted by Gasteiger charge is -2.12. The van der Waals surface area contributed by atoms with Crippen molar-refractivity contribution in [2.75, 3.05) is 27.2 Å². The molecule has 4 rings (SSSR count). The molecule has 0 saturated heterocycles. The molecule has 0 bridgehead atoms. The van der Waals surface area contributed by atoms with Crippen molar-refractivity contribution < 1.29 is 4.79 Å². The molecule has 1 N–H and O–H groups in total. The summed E-state index contributed by atoms with van der Waals surface area (Å²) in [5, 5.41) is 3.93. The highest BCUT2D eigenvalue weighted by molar-refractivity contribution is 6.07. The fourth-order valence-electron chi connectivity index (χ4n) is 3.67. The van der Waals surface area contributed by atoms with Crippen molar-refractivity contribution in [2.24, 2.45) is 0 Å². The first-order chi connectivity index (χ1) is 15.1. The number of benzene rings is 3. The lowest BCUT2D eigenvalue weighted by Crippen LogP contribution is -2.27. The average Bonchev–Trinajstić information content (AvgIpc) is 2.81. The van der Waals surface area contributed by atoms with Crippen LogP contribution in [-0.2, 0) is 0 Å². The van der Waals surface area contributed by atoms with E-state index in [9.17, 15) is 4.79 Å². The number of rotatable bonds is 7. The molecule has 0 atom stereocenters. The lowest BCUT2D eigenvalue weighted by molar-refractivity contribution is 0.0954. The Bertz CT molecular complexity index is 1170. The fraction of sp³-hybridized carbons (Fsp3) is 0.185. The van der Waals surface area contributed by atoms with Crippen LogP contribution in [0.3, 0.4) is 0 Å². The van der Waals surface area contributed by atoms with E-state index in [2.05, 4.69) is 46.6 Å². The molecule has 0 aliphatic rings. The highest BCUT2D eigenvalue weighted by Gasteiger charge is 2.14. The first-order valence-electron chi connectivity index (χ1n) is 10.6. The summed E-state index contributed by atoms with van der Waals surface area (Å²) in [5.74, 6) is -0.0560. The van der Waals surface area contributed by atoms with Crippen molar-refractivity contribution in [3.63, 3.8) is 0 Å². The number of nitrogens with one attached hydrogen (secondary N) is 1. The SMILES string of the molecule is CN(C)CCCNC(=O)c1cc(-c2ccc(-c3ccccc3)cc2)nc2ccccc12. The van der Waals surface area contributed by atoms with Gasteiger partial charge in [-0.05, 0) is 50.3 Å². The van der Waals surface area contributed by atoms with E-state index in [4.69, 9.17) is 4.98 Å². The van der Waals surface area contributed by atoms with Gasteiger partial charge in [0.1, 0.15) is 0 Å². The monoisotopic (exact) mass is 409 g/mol. The zero-order valence-corrected chi connectivity index (χ0v) is 18.0. The standard InChI is InChI=1S/C27H27N3O/c1-30(2)18-8-17-28-27(31)24-19-26(29-25-12-7-6-11-23(24)25)22-15-13-21(14-16-22)20-9-4-3-5-10-20/h3-7,9-16,19H,8,17-18H2,1-2H3,(H,28,31). The van der Waals surface area contributed by atoms with Gasteiger partial charge in [-0.2, -0.15) is 0 Å². The molecule has 3 aromatic carbocycles. The van der Waals surface area contributed by atoms with E-state index in [0.29, 0.717) is 12.1 Å². The Balaban J connectivity index is 1.63. The number of para-hydroxylation sites is 1. The number of pyridine rings is 1. The number of hydrogen-bond donors (Lipinski definition) is 1. The maximum atomic E-state index is 13.0. The third kappa shape index (κ3) is 4.98. The molecule has 0 fully saturated rings. The van der Waals surface area contributed by atoms with Crippen LogP contribution in [-0.4, -0.2) is 43.0 Å². The van der Waals surface area contributed by atoms with Crippen molar-refractivity contribution in [1.29, 1.82) is 0 Å². The average molecular weight is 410 g/mol. The van der Waals surface area contributed by atoms with E-state index < -0.39 is 0 Å². The Morgan fingerprint density at radius 1 is 0.839 bits per heavy atom. The van der Waals surface area contributed by atoms with Gasteiger partial charge in [0.25, 0.3) is 5.91 Å². The minimum atomic E-state index is -0.0560. The molecule has 4 aromatic rings. The second kappa shape index (κ2) is 9.54. The van der Waals surface area contributed by atoms with E-state index in [1.54, 1.807) is 0 Å². The smallest absolute Gasteiger partial charge is 0.252 e. The van der Waals surface area contributed by atoms with Crippen LogP contribution in [0.2, 0.25) is 0 Å². The van der Waals surface area contributed by atoms with E-state index >= 15 is 0 Å². The van der Waals surface area contributed by atoms with Gasteiger partial charge in [0.05, 0.1) is 16.8 Å². The molecule has 0 spiro atoms. The van der Waals surface area contributed by atoms with Crippen molar-refractivity contribution >= 4 is 16.8 Å². The summed E-state index contributed by atoms with van der Waals surface area (Å²) in [4.78, 5) is 19.9. The van der Waals surface area contributed by atoms with Crippen LogP contribution in [0.15, 0.2) is 84.9 Å². The van der Waals surface area contributed by atoms with Gasteiger partial charge in [-0.15, -0.1) is 0 Å². The first kappa shape index (κ1) is 20.8. The second-order valence-corrected chi connectivity index (χ2v) is 7.93. The summed E-state index contributed by atoms with van der Waals surface area (Å²) in [5.41, 5.74) is 5.62. The molecular formula is C27H27N3O. The summed E-state index contributed by atoms with van der Waals surface area (Å²) in [6.45, 7) is 1.59. The normalized spacial score (nSPS) is 11.1. The van der Waals surface area contributed by atoms with Crippen molar-refractivity contribution in [2.45, 2.75) is 6.42 Å². The number of nitrogens with zero attached hydrogens (tertiary/aromatic N) is 2. The summed E-state index contributed by atoms with van der Waals surface area (Å²) in [7, 11) is 4.07. The minimum Gasteiger partial charge on any atom is -0.352 e. The summed E-state index contributed by atoms with van der Waals surface area (Å²) >= 11 is 0. The van der Waals surface area contributed by atoms with E-state index in [-0.39, 0.29) is 5.91 Å². The summed E-state index contributed by atoms with van der Waals surface area (Å²) in [6.07, 6.45) is 0.912. The number of aromatic nitrogens is 1. The molecule has 4 nitrogen and oxygen atoms in total. The van der Waals surface area contributed by atoms with E-state index in [1.165, 1.54) is 5.56 Å². The predicted octanol–water partition coefficient (Wildman–Crippen LogP) is 5.25. The van der Waals surface area contributed by atoms with Gasteiger partial charge in [0.15, 0.2) is 0 Å². The molecular weight excluding hydrogens is 382 g/mol. The Morgan fingerprint density at radius 3 is 2.23 bits per heavy atom. The summed E-state index contributed by atoms with van der Waals surface area (Å²) in [6, 6.07) is 28.3. The fourth-order valence-corrected chi connectivity index (χ4v) is 3.67. The largest absolute Gasteiger partial charge is 0.352 e. The van der Waals surface area contributed by atoms with Crippen LogP contribution in [0.5, 0.6) is 0 Å². The molecule has 1 heterocycles. The lowest BCUT2D eigenvalue weighted by atomic mass is 10.0. The molecule has 156 valence electrons.